The first-order valence-corrected chi connectivity index (χ1v) is 7.30. The van der Waals surface area contributed by atoms with E-state index in [0.29, 0.717) is 5.56 Å². The minimum absolute atomic E-state index is 0.0681. The predicted molar refractivity (Wildman–Crippen MR) is 87.0 cm³/mol. The minimum Gasteiger partial charge on any atom is -0.443 e. The fourth-order valence-electron chi connectivity index (χ4n) is 2.61. The molecule has 2 aromatic carbocycles. The summed E-state index contributed by atoms with van der Waals surface area (Å²) in [4.78, 5) is 22.5. The van der Waals surface area contributed by atoms with Gasteiger partial charge in [0.05, 0.1) is 4.92 Å². The zero-order valence-electron chi connectivity index (χ0n) is 13.2. The second kappa shape index (κ2) is 5.77. The lowest BCUT2D eigenvalue weighted by Gasteiger charge is -2.30. The molecule has 0 saturated heterocycles. The van der Waals surface area contributed by atoms with E-state index < -0.39 is 10.6 Å². The first-order chi connectivity index (χ1) is 11.4. The summed E-state index contributed by atoms with van der Waals surface area (Å²) in [6.07, 6.45) is 0. The highest BCUT2D eigenvalue weighted by atomic mass is 16.6. The van der Waals surface area contributed by atoms with E-state index in [1.807, 2.05) is 30.3 Å². The van der Waals surface area contributed by atoms with Gasteiger partial charge in [-0.05, 0) is 6.07 Å². The molecule has 0 N–H and O–H groups in total. The molecule has 1 aliphatic rings. The smallest absolute Gasteiger partial charge is 0.270 e. The van der Waals surface area contributed by atoms with Crippen molar-refractivity contribution in [2.45, 2.75) is 19.6 Å². The Balaban J connectivity index is 2.03. The summed E-state index contributed by atoms with van der Waals surface area (Å²) in [5.74, 6) is -0.123. The number of hydrogen-bond acceptors (Lipinski definition) is 5. The number of hydrogen-bond donors (Lipinski definition) is 0. The van der Waals surface area contributed by atoms with E-state index in [0.717, 1.165) is 5.56 Å². The summed E-state index contributed by atoms with van der Waals surface area (Å²) in [6.45, 7) is 3.13. The normalized spacial score (nSPS) is 19.6. The van der Waals surface area contributed by atoms with E-state index in [9.17, 15) is 14.9 Å². The Hall–Kier alpha value is -3.22. The molecule has 24 heavy (non-hydrogen) atoms. The Morgan fingerprint density at radius 2 is 1.92 bits per heavy atom. The molecule has 2 aromatic rings. The molecule has 0 aromatic heterocycles. The lowest BCUT2D eigenvalue weighted by atomic mass is 10.0. The van der Waals surface area contributed by atoms with Crippen LogP contribution in [0.2, 0.25) is 0 Å². The van der Waals surface area contributed by atoms with Crippen LogP contribution < -0.4 is 0 Å². The Labute approximate surface area is 138 Å². The number of rotatable bonds is 3. The van der Waals surface area contributed by atoms with Crippen molar-refractivity contribution in [3.8, 4) is 0 Å². The molecule has 0 saturated carbocycles. The molecule has 122 valence electrons. The largest absolute Gasteiger partial charge is 0.443 e. The van der Waals surface area contributed by atoms with Crippen molar-refractivity contribution in [2.75, 3.05) is 0 Å². The summed E-state index contributed by atoms with van der Waals surface area (Å²) in [7, 11) is 0. The van der Waals surface area contributed by atoms with Crippen LogP contribution in [0.5, 0.6) is 0 Å². The number of hydrazone groups is 1. The van der Waals surface area contributed by atoms with Gasteiger partial charge in [0.25, 0.3) is 5.69 Å². The lowest BCUT2D eigenvalue weighted by Crippen LogP contribution is -2.41. The van der Waals surface area contributed by atoms with Crippen molar-refractivity contribution in [1.29, 1.82) is 0 Å². The van der Waals surface area contributed by atoms with Crippen LogP contribution in [0.3, 0.4) is 0 Å². The highest BCUT2D eigenvalue weighted by molar-refractivity contribution is 5.97. The molecule has 0 aliphatic carbocycles. The first-order valence-electron chi connectivity index (χ1n) is 7.30. The molecule has 0 bridgehead atoms. The molecule has 0 unspecified atom stereocenters. The fourth-order valence-corrected chi connectivity index (χ4v) is 2.61. The van der Waals surface area contributed by atoms with Crippen molar-refractivity contribution in [2.24, 2.45) is 5.10 Å². The topological polar surface area (TPSA) is 85.0 Å². The minimum atomic E-state index is -1.10. The molecule has 0 radical (unpaired) electrons. The van der Waals surface area contributed by atoms with Crippen LogP contribution in [-0.4, -0.2) is 21.7 Å². The molecule has 1 aliphatic heterocycles. The highest BCUT2D eigenvalue weighted by Crippen LogP contribution is 2.36. The SMILES string of the molecule is CC(=O)N1N=C(c2cccc([N+](=O)[O-])c2)O[C@@]1(C)c1ccccc1. The zero-order chi connectivity index (χ0) is 17.3. The van der Waals surface area contributed by atoms with E-state index in [2.05, 4.69) is 5.10 Å². The van der Waals surface area contributed by atoms with E-state index >= 15 is 0 Å². The van der Waals surface area contributed by atoms with Crippen LogP contribution in [-0.2, 0) is 15.3 Å². The Kier molecular flexibility index (Phi) is 3.76. The zero-order valence-corrected chi connectivity index (χ0v) is 13.2. The van der Waals surface area contributed by atoms with E-state index in [1.165, 1.54) is 24.1 Å². The number of benzene rings is 2. The quantitative estimate of drug-likeness (QED) is 0.641. The number of amides is 1. The number of ether oxygens (including phenoxy) is 1. The average molecular weight is 325 g/mol. The Morgan fingerprint density at radius 1 is 1.21 bits per heavy atom. The van der Waals surface area contributed by atoms with Crippen LogP contribution in [0.25, 0.3) is 0 Å². The summed E-state index contributed by atoms with van der Waals surface area (Å²) in [5.41, 5.74) is 0.0218. The predicted octanol–water partition coefficient (Wildman–Crippen LogP) is 3.01. The third-order valence-corrected chi connectivity index (χ3v) is 3.80. The molecular formula is C17H15N3O4. The van der Waals surface area contributed by atoms with Gasteiger partial charge in [-0.15, -0.1) is 5.10 Å². The fraction of sp³-hybridized carbons (Fsp3) is 0.176. The standard InChI is InChI=1S/C17H15N3O4/c1-12(21)19-17(2,14-8-4-3-5-9-14)24-16(18-19)13-7-6-10-15(11-13)20(22)23/h3-11H,1-2H3/t17-/m0/s1. The van der Waals surface area contributed by atoms with Crippen LogP contribution in [0, 0.1) is 10.1 Å². The van der Waals surface area contributed by atoms with Crippen LogP contribution in [0.15, 0.2) is 59.7 Å². The molecule has 1 amide bonds. The summed E-state index contributed by atoms with van der Waals surface area (Å²) < 4.78 is 5.96. The maximum atomic E-state index is 12.0. The van der Waals surface area contributed by atoms with Gasteiger partial charge in [0.15, 0.2) is 0 Å². The molecule has 7 heteroatoms. The summed E-state index contributed by atoms with van der Waals surface area (Å²) in [5, 5.41) is 16.4. The third kappa shape index (κ3) is 2.60. The van der Waals surface area contributed by atoms with Crippen molar-refractivity contribution >= 4 is 17.5 Å². The van der Waals surface area contributed by atoms with Gasteiger partial charge in [-0.2, -0.15) is 5.01 Å². The second-order valence-electron chi connectivity index (χ2n) is 5.49. The van der Waals surface area contributed by atoms with Gasteiger partial charge >= 0.3 is 0 Å². The molecule has 3 rings (SSSR count). The second-order valence-corrected chi connectivity index (χ2v) is 5.49. The van der Waals surface area contributed by atoms with E-state index in [-0.39, 0.29) is 17.5 Å². The average Bonchev–Trinajstić information content (AvgIpc) is 2.95. The number of nitro groups is 1. The molecule has 0 spiro atoms. The van der Waals surface area contributed by atoms with Gasteiger partial charge in [0.1, 0.15) is 0 Å². The van der Waals surface area contributed by atoms with Gasteiger partial charge in [-0.1, -0.05) is 36.4 Å². The maximum absolute atomic E-state index is 12.0. The first kappa shape index (κ1) is 15.7. The van der Waals surface area contributed by atoms with Crippen LogP contribution in [0.4, 0.5) is 5.69 Å². The van der Waals surface area contributed by atoms with Gasteiger partial charge < -0.3 is 4.74 Å². The van der Waals surface area contributed by atoms with E-state index in [1.54, 1.807) is 19.1 Å². The third-order valence-electron chi connectivity index (χ3n) is 3.80. The van der Waals surface area contributed by atoms with Gasteiger partial charge in [0.2, 0.25) is 17.5 Å². The molecule has 7 nitrogen and oxygen atoms in total. The van der Waals surface area contributed by atoms with Gasteiger partial charge in [-0.3, -0.25) is 14.9 Å². The molecular weight excluding hydrogens is 310 g/mol. The number of carbonyl (C=O) groups excluding carboxylic acids is 1. The lowest BCUT2D eigenvalue weighted by molar-refractivity contribution is -0.384. The number of nitrogens with zero attached hydrogens (tertiary/aromatic N) is 3. The molecule has 0 fully saturated rings. The highest BCUT2D eigenvalue weighted by Gasteiger charge is 2.44. The van der Waals surface area contributed by atoms with Crippen LogP contribution >= 0.6 is 0 Å². The van der Waals surface area contributed by atoms with Crippen molar-refractivity contribution in [3.63, 3.8) is 0 Å². The monoisotopic (exact) mass is 325 g/mol. The van der Waals surface area contributed by atoms with Gasteiger partial charge in [0, 0.05) is 37.1 Å². The molecule has 1 heterocycles. The number of nitro benzene ring substituents is 1. The Morgan fingerprint density at radius 3 is 2.54 bits per heavy atom. The van der Waals surface area contributed by atoms with Gasteiger partial charge in [-0.25, -0.2) is 0 Å². The summed E-state index contributed by atoms with van der Waals surface area (Å²) >= 11 is 0. The summed E-state index contributed by atoms with van der Waals surface area (Å²) in [6, 6.07) is 15.2. The number of carbonyl (C=O) groups is 1. The maximum Gasteiger partial charge on any atom is 0.270 e. The number of non-ortho nitro benzene ring substituents is 1. The van der Waals surface area contributed by atoms with Crippen molar-refractivity contribution < 1.29 is 14.5 Å². The Bertz CT molecular complexity index is 835. The van der Waals surface area contributed by atoms with Crippen molar-refractivity contribution in [1.82, 2.24) is 5.01 Å². The molecule has 1 atom stereocenters. The van der Waals surface area contributed by atoms with E-state index in [4.69, 9.17) is 4.74 Å². The van der Waals surface area contributed by atoms with Crippen molar-refractivity contribution in [3.05, 3.63) is 75.8 Å². The van der Waals surface area contributed by atoms with Crippen LogP contribution in [0.1, 0.15) is 25.0 Å².